The molecule has 1 aliphatic rings. The van der Waals surface area contributed by atoms with Crippen molar-refractivity contribution in [2.45, 2.75) is 50.6 Å². The largest absolute Gasteiger partial charge is 0.497 e. The second-order valence-corrected chi connectivity index (χ2v) is 7.84. The number of nitrogens with one attached hydrogen (secondary N) is 1. The van der Waals surface area contributed by atoms with E-state index in [1.165, 1.54) is 0 Å². The van der Waals surface area contributed by atoms with Crippen LogP contribution >= 0.6 is 0 Å². The quantitative estimate of drug-likeness (QED) is 0.693. The van der Waals surface area contributed by atoms with Crippen LogP contribution in [0.3, 0.4) is 0 Å². The Hall–Kier alpha value is -3.02. The fraction of sp³-hybridized carbons (Fsp3) is 0.391. The third-order valence-electron chi connectivity index (χ3n) is 5.94. The first-order valence-electron chi connectivity index (χ1n) is 10.1. The number of para-hydroxylation sites is 2. The minimum atomic E-state index is -0.524. The van der Waals surface area contributed by atoms with E-state index in [4.69, 9.17) is 9.15 Å². The summed E-state index contributed by atoms with van der Waals surface area (Å²) in [4.78, 5) is 25.6. The van der Waals surface area contributed by atoms with Crippen LogP contribution in [0.25, 0.3) is 11.1 Å². The topological polar surface area (TPSA) is 73.5 Å². The molecule has 1 aromatic heterocycles. The maximum Gasteiger partial charge on any atom is 0.420 e. The summed E-state index contributed by atoms with van der Waals surface area (Å²) in [6, 6.07) is 14.9. The number of carbonyl (C=O) groups is 1. The van der Waals surface area contributed by atoms with Crippen LogP contribution in [0.4, 0.5) is 0 Å². The summed E-state index contributed by atoms with van der Waals surface area (Å²) in [5.74, 6) is 0.397. The monoisotopic (exact) mass is 394 g/mol. The van der Waals surface area contributed by atoms with E-state index in [0.717, 1.165) is 42.5 Å². The third kappa shape index (κ3) is 3.55. The van der Waals surface area contributed by atoms with Gasteiger partial charge in [0.15, 0.2) is 5.58 Å². The predicted octanol–water partition coefficient (Wildman–Crippen LogP) is 3.62. The fourth-order valence-electron chi connectivity index (χ4n) is 4.40. The van der Waals surface area contributed by atoms with Gasteiger partial charge >= 0.3 is 5.76 Å². The van der Waals surface area contributed by atoms with Gasteiger partial charge in [-0.25, -0.2) is 4.79 Å². The van der Waals surface area contributed by atoms with E-state index in [-0.39, 0.29) is 11.9 Å². The molecule has 0 spiro atoms. The minimum absolute atomic E-state index is 0.0218. The van der Waals surface area contributed by atoms with Gasteiger partial charge in [0, 0.05) is 12.6 Å². The zero-order valence-corrected chi connectivity index (χ0v) is 16.8. The van der Waals surface area contributed by atoms with E-state index in [9.17, 15) is 9.59 Å². The highest BCUT2D eigenvalue weighted by atomic mass is 16.5. The van der Waals surface area contributed by atoms with Gasteiger partial charge in [-0.05, 0) is 49.6 Å². The molecule has 1 atom stereocenters. The number of fused-ring (bicyclic) bond motifs is 1. The maximum absolute atomic E-state index is 13.4. The molecule has 1 amide bonds. The molecule has 0 radical (unpaired) electrons. The molecule has 0 saturated heterocycles. The molecule has 29 heavy (non-hydrogen) atoms. The summed E-state index contributed by atoms with van der Waals surface area (Å²) in [6.07, 6.45) is 3.71. The SMILES string of the molecule is COc1ccc(C2(C(=O)N[C@H](C)Cn3c(=O)oc4ccccc43)CCCC2)cc1. The molecule has 2 aromatic carbocycles. The van der Waals surface area contributed by atoms with Crippen molar-refractivity contribution in [1.82, 2.24) is 9.88 Å². The number of ether oxygens (including phenoxy) is 1. The van der Waals surface area contributed by atoms with Crippen molar-refractivity contribution in [2.75, 3.05) is 7.11 Å². The van der Waals surface area contributed by atoms with E-state index in [0.29, 0.717) is 12.1 Å². The van der Waals surface area contributed by atoms with Gasteiger partial charge in [0.1, 0.15) is 5.75 Å². The number of nitrogens with zero attached hydrogens (tertiary/aromatic N) is 1. The number of carbonyl (C=O) groups excluding carboxylic acids is 1. The van der Waals surface area contributed by atoms with Crippen molar-refractivity contribution in [1.29, 1.82) is 0 Å². The fourth-order valence-corrected chi connectivity index (χ4v) is 4.40. The van der Waals surface area contributed by atoms with E-state index in [1.54, 1.807) is 17.7 Å². The van der Waals surface area contributed by atoms with Crippen molar-refractivity contribution >= 4 is 17.0 Å². The summed E-state index contributed by atoms with van der Waals surface area (Å²) in [6.45, 7) is 2.28. The Balaban J connectivity index is 1.54. The van der Waals surface area contributed by atoms with Crippen LogP contribution in [0.1, 0.15) is 38.2 Å². The van der Waals surface area contributed by atoms with Crippen LogP contribution in [0, 0.1) is 0 Å². The Bertz CT molecular complexity index is 1060. The van der Waals surface area contributed by atoms with Crippen molar-refractivity contribution in [3.05, 3.63) is 64.6 Å². The van der Waals surface area contributed by atoms with Crippen molar-refractivity contribution < 1.29 is 13.9 Å². The molecule has 1 aliphatic carbocycles. The minimum Gasteiger partial charge on any atom is -0.497 e. The van der Waals surface area contributed by atoms with Crippen molar-refractivity contribution in [2.24, 2.45) is 0 Å². The number of aromatic nitrogens is 1. The number of benzene rings is 2. The Labute approximate surface area is 169 Å². The molecular weight excluding hydrogens is 368 g/mol. The van der Waals surface area contributed by atoms with Gasteiger partial charge in [-0.2, -0.15) is 0 Å². The Morgan fingerprint density at radius 1 is 1.17 bits per heavy atom. The van der Waals surface area contributed by atoms with E-state index in [2.05, 4.69) is 5.32 Å². The highest BCUT2D eigenvalue weighted by Crippen LogP contribution is 2.42. The average Bonchev–Trinajstić information content (AvgIpc) is 3.34. The molecule has 3 aromatic rings. The molecule has 1 saturated carbocycles. The standard InChI is InChI=1S/C23H26N2O4/c1-16(15-25-19-7-3-4-8-20(19)29-22(25)27)24-21(26)23(13-5-6-14-23)17-9-11-18(28-2)12-10-17/h3-4,7-12,16H,5-6,13-15H2,1-2H3,(H,24,26)/t16-/m1/s1. The summed E-state index contributed by atoms with van der Waals surface area (Å²) in [5.41, 5.74) is 1.79. The molecule has 0 aliphatic heterocycles. The van der Waals surface area contributed by atoms with Crippen molar-refractivity contribution in [3.63, 3.8) is 0 Å². The van der Waals surface area contributed by atoms with E-state index >= 15 is 0 Å². The lowest BCUT2D eigenvalue weighted by Gasteiger charge is -2.30. The van der Waals surface area contributed by atoms with Gasteiger partial charge in [-0.1, -0.05) is 37.1 Å². The maximum atomic E-state index is 13.4. The number of oxazole rings is 1. The normalized spacial score (nSPS) is 16.6. The molecule has 4 rings (SSSR count). The van der Waals surface area contributed by atoms with E-state index in [1.807, 2.05) is 49.4 Å². The molecule has 152 valence electrons. The van der Waals surface area contributed by atoms with Gasteiger partial charge in [0.25, 0.3) is 0 Å². The van der Waals surface area contributed by atoms with Gasteiger partial charge in [0.2, 0.25) is 5.91 Å². The molecule has 1 fully saturated rings. The van der Waals surface area contributed by atoms with Crippen LogP contribution in [-0.2, 0) is 16.8 Å². The molecular formula is C23H26N2O4. The van der Waals surface area contributed by atoms with Gasteiger partial charge < -0.3 is 14.5 Å². The first-order valence-corrected chi connectivity index (χ1v) is 10.1. The lowest BCUT2D eigenvalue weighted by Crippen LogP contribution is -2.47. The smallest absolute Gasteiger partial charge is 0.420 e. The molecule has 0 unspecified atom stereocenters. The number of hydrogen-bond donors (Lipinski definition) is 1. The number of methoxy groups -OCH3 is 1. The van der Waals surface area contributed by atoms with Crippen LogP contribution in [0.2, 0.25) is 0 Å². The number of hydrogen-bond acceptors (Lipinski definition) is 4. The molecule has 0 bridgehead atoms. The van der Waals surface area contributed by atoms with Crippen LogP contribution in [0.15, 0.2) is 57.7 Å². The highest BCUT2D eigenvalue weighted by Gasteiger charge is 2.43. The summed E-state index contributed by atoms with van der Waals surface area (Å²) in [7, 11) is 1.64. The molecule has 6 heteroatoms. The van der Waals surface area contributed by atoms with Gasteiger partial charge in [0.05, 0.1) is 18.0 Å². The predicted molar refractivity (Wildman–Crippen MR) is 111 cm³/mol. The first kappa shape index (κ1) is 19.3. The van der Waals surface area contributed by atoms with Gasteiger partial charge in [-0.15, -0.1) is 0 Å². The summed E-state index contributed by atoms with van der Waals surface area (Å²) < 4.78 is 12.1. The zero-order chi connectivity index (χ0) is 20.4. The molecule has 1 heterocycles. The number of rotatable bonds is 6. The number of amides is 1. The summed E-state index contributed by atoms with van der Waals surface area (Å²) >= 11 is 0. The third-order valence-corrected chi connectivity index (χ3v) is 5.94. The lowest BCUT2D eigenvalue weighted by atomic mass is 9.77. The second kappa shape index (κ2) is 7.78. The molecule has 6 nitrogen and oxygen atoms in total. The Morgan fingerprint density at radius 2 is 1.86 bits per heavy atom. The highest BCUT2D eigenvalue weighted by molar-refractivity contribution is 5.89. The molecule has 1 N–H and O–H groups in total. The van der Waals surface area contributed by atoms with Crippen LogP contribution < -0.4 is 15.8 Å². The van der Waals surface area contributed by atoms with E-state index < -0.39 is 11.2 Å². The zero-order valence-electron chi connectivity index (χ0n) is 16.8. The Morgan fingerprint density at radius 3 is 2.55 bits per heavy atom. The summed E-state index contributed by atoms with van der Waals surface area (Å²) in [5, 5.41) is 3.15. The Kier molecular flexibility index (Phi) is 5.18. The van der Waals surface area contributed by atoms with Crippen LogP contribution in [0.5, 0.6) is 5.75 Å². The average molecular weight is 394 g/mol. The lowest BCUT2D eigenvalue weighted by molar-refractivity contribution is -0.127. The second-order valence-electron chi connectivity index (χ2n) is 7.84. The van der Waals surface area contributed by atoms with Gasteiger partial charge in [-0.3, -0.25) is 9.36 Å². The first-order chi connectivity index (χ1) is 14.0. The van der Waals surface area contributed by atoms with Crippen LogP contribution in [-0.4, -0.2) is 23.6 Å². The van der Waals surface area contributed by atoms with Crippen molar-refractivity contribution in [3.8, 4) is 5.75 Å².